The van der Waals surface area contributed by atoms with E-state index < -0.39 is 0 Å². The number of likely N-dealkylation sites (N-methyl/N-ethyl adjacent to an activating group) is 1. The number of para-hydroxylation sites is 1. The highest BCUT2D eigenvalue weighted by atomic mass is 16.5. The fraction of sp³-hybridized carbons (Fsp3) is 0.417. The van der Waals surface area contributed by atoms with E-state index in [4.69, 9.17) is 4.74 Å². The molecule has 1 aromatic rings. The maximum atomic E-state index is 11.1. The minimum absolute atomic E-state index is 0.0878. The van der Waals surface area contributed by atoms with Crippen molar-refractivity contribution in [3.8, 4) is 5.75 Å². The van der Waals surface area contributed by atoms with Gasteiger partial charge in [0, 0.05) is 6.92 Å². The molecular weight excluding hydrogens is 204 g/mol. The van der Waals surface area contributed by atoms with Crippen molar-refractivity contribution in [2.75, 3.05) is 26.0 Å². The molecule has 0 fully saturated rings. The predicted octanol–water partition coefficient (Wildman–Crippen LogP) is 1.42. The topological polar surface area (TPSA) is 50.4 Å². The van der Waals surface area contributed by atoms with E-state index in [9.17, 15) is 4.79 Å². The Labute approximate surface area is 96.0 Å². The van der Waals surface area contributed by atoms with Crippen LogP contribution in [-0.4, -0.2) is 26.6 Å². The molecule has 0 spiro atoms. The highest BCUT2D eigenvalue weighted by molar-refractivity contribution is 5.91. The molecule has 2 N–H and O–H groups in total. The quantitative estimate of drug-likeness (QED) is 0.792. The summed E-state index contributed by atoms with van der Waals surface area (Å²) >= 11 is 0. The van der Waals surface area contributed by atoms with Gasteiger partial charge >= 0.3 is 0 Å². The maximum absolute atomic E-state index is 11.1. The van der Waals surface area contributed by atoms with Crippen LogP contribution in [-0.2, 0) is 11.2 Å². The fourth-order valence-corrected chi connectivity index (χ4v) is 1.53. The van der Waals surface area contributed by atoms with Gasteiger partial charge in [-0.05, 0) is 31.6 Å². The summed E-state index contributed by atoms with van der Waals surface area (Å²) in [6.45, 7) is 2.36. The van der Waals surface area contributed by atoms with Gasteiger partial charge < -0.3 is 15.4 Å². The molecule has 16 heavy (non-hydrogen) atoms. The third-order valence-electron chi connectivity index (χ3n) is 2.28. The molecule has 1 amide bonds. The van der Waals surface area contributed by atoms with E-state index in [1.54, 1.807) is 7.11 Å². The first-order valence-electron chi connectivity index (χ1n) is 5.27. The van der Waals surface area contributed by atoms with E-state index in [2.05, 4.69) is 10.6 Å². The summed E-state index contributed by atoms with van der Waals surface area (Å²) in [6.07, 6.45) is 0.851. The Morgan fingerprint density at radius 1 is 1.44 bits per heavy atom. The van der Waals surface area contributed by atoms with Crippen LogP contribution in [0.3, 0.4) is 0 Å². The molecule has 0 aromatic heterocycles. The van der Waals surface area contributed by atoms with Crippen LogP contribution in [0.15, 0.2) is 18.2 Å². The van der Waals surface area contributed by atoms with E-state index >= 15 is 0 Å². The van der Waals surface area contributed by atoms with Crippen LogP contribution in [0.1, 0.15) is 12.5 Å². The number of carbonyl (C=O) groups excluding carboxylic acids is 1. The number of ether oxygens (including phenoxy) is 1. The molecule has 0 unspecified atom stereocenters. The van der Waals surface area contributed by atoms with Gasteiger partial charge in [-0.2, -0.15) is 0 Å². The summed E-state index contributed by atoms with van der Waals surface area (Å²) in [7, 11) is 3.50. The van der Waals surface area contributed by atoms with Crippen LogP contribution in [0.5, 0.6) is 5.75 Å². The zero-order chi connectivity index (χ0) is 12.0. The number of nitrogens with one attached hydrogen (secondary N) is 2. The summed E-state index contributed by atoms with van der Waals surface area (Å²) in [5, 5.41) is 5.89. The van der Waals surface area contributed by atoms with Gasteiger partial charge in [0.2, 0.25) is 5.91 Å². The van der Waals surface area contributed by atoms with Crippen molar-refractivity contribution in [1.29, 1.82) is 0 Å². The number of amides is 1. The van der Waals surface area contributed by atoms with Crippen LogP contribution >= 0.6 is 0 Å². The van der Waals surface area contributed by atoms with Crippen LogP contribution in [0.4, 0.5) is 5.69 Å². The lowest BCUT2D eigenvalue weighted by atomic mass is 10.1. The van der Waals surface area contributed by atoms with Crippen LogP contribution in [0, 0.1) is 0 Å². The Kier molecular flexibility index (Phi) is 4.79. The fourth-order valence-electron chi connectivity index (χ4n) is 1.53. The van der Waals surface area contributed by atoms with Gasteiger partial charge in [0.05, 0.1) is 12.8 Å². The number of anilines is 1. The number of methoxy groups -OCH3 is 1. The van der Waals surface area contributed by atoms with Crippen molar-refractivity contribution in [2.45, 2.75) is 13.3 Å². The summed E-state index contributed by atoms with van der Waals surface area (Å²) in [6, 6.07) is 5.76. The SMILES string of the molecule is CNCCc1cccc(OC)c1NC(C)=O. The molecule has 4 nitrogen and oxygen atoms in total. The van der Waals surface area contributed by atoms with Gasteiger partial charge in [-0.15, -0.1) is 0 Å². The van der Waals surface area contributed by atoms with Crippen molar-refractivity contribution in [1.82, 2.24) is 5.32 Å². The number of carbonyl (C=O) groups is 1. The molecule has 0 radical (unpaired) electrons. The standard InChI is InChI=1S/C12H18N2O2/c1-9(15)14-12-10(7-8-13-2)5-4-6-11(12)16-3/h4-6,13H,7-8H2,1-3H3,(H,14,15). The number of hydrogen-bond donors (Lipinski definition) is 2. The minimum Gasteiger partial charge on any atom is -0.495 e. The molecule has 0 saturated heterocycles. The second-order valence-corrected chi connectivity index (χ2v) is 3.53. The van der Waals surface area contributed by atoms with Gasteiger partial charge in [0.25, 0.3) is 0 Å². The second-order valence-electron chi connectivity index (χ2n) is 3.53. The molecule has 88 valence electrons. The highest BCUT2D eigenvalue weighted by Gasteiger charge is 2.09. The van der Waals surface area contributed by atoms with Gasteiger partial charge in [0.15, 0.2) is 0 Å². The zero-order valence-corrected chi connectivity index (χ0v) is 9.96. The maximum Gasteiger partial charge on any atom is 0.221 e. The first-order chi connectivity index (χ1) is 7.69. The van der Waals surface area contributed by atoms with Gasteiger partial charge in [-0.1, -0.05) is 12.1 Å². The van der Waals surface area contributed by atoms with Gasteiger partial charge in [-0.25, -0.2) is 0 Å². The lowest BCUT2D eigenvalue weighted by molar-refractivity contribution is -0.114. The second kappa shape index (κ2) is 6.12. The predicted molar refractivity (Wildman–Crippen MR) is 64.9 cm³/mol. The van der Waals surface area contributed by atoms with Gasteiger partial charge in [0.1, 0.15) is 5.75 Å². The van der Waals surface area contributed by atoms with E-state index in [0.29, 0.717) is 5.75 Å². The monoisotopic (exact) mass is 222 g/mol. The van der Waals surface area contributed by atoms with Crippen LogP contribution in [0.2, 0.25) is 0 Å². The van der Waals surface area contributed by atoms with Crippen molar-refractivity contribution >= 4 is 11.6 Å². The van der Waals surface area contributed by atoms with E-state index in [0.717, 1.165) is 24.2 Å². The number of benzene rings is 1. The number of rotatable bonds is 5. The molecule has 0 heterocycles. The van der Waals surface area contributed by atoms with Crippen LogP contribution < -0.4 is 15.4 Å². The third-order valence-corrected chi connectivity index (χ3v) is 2.28. The summed E-state index contributed by atoms with van der Waals surface area (Å²) in [4.78, 5) is 11.1. The molecule has 0 saturated carbocycles. The zero-order valence-electron chi connectivity index (χ0n) is 9.96. The molecule has 0 aliphatic heterocycles. The summed E-state index contributed by atoms with van der Waals surface area (Å²) in [5.41, 5.74) is 1.84. The molecular formula is C12H18N2O2. The van der Waals surface area contributed by atoms with Crippen molar-refractivity contribution in [3.63, 3.8) is 0 Å². The average molecular weight is 222 g/mol. The van der Waals surface area contributed by atoms with Crippen molar-refractivity contribution in [2.24, 2.45) is 0 Å². The first-order valence-corrected chi connectivity index (χ1v) is 5.27. The molecule has 4 heteroatoms. The lowest BCUT2D eigenvalue weighted by Gasteiger charge is -2.13. The molecule has 0 aliphatic carbocycles. The first kappa shape index (κ1) is 12.5. The number of hydrogen-bond acceptors (Lipinski definition) is 3. The Hall–Kier alpha value is -1.55. The summed E-state index contributed by atoms with van der Waals surface area (Å²) in [5.74, 6) is 0.610. The third kappa shape index (κ3) is 3.24. The van der Waals surface area contributed by atoms with E-state index in [1.165, 1.54) is 6.92 Å². The smallest absolute Gasteiger partial charge is 0.221 e. The largest absolute Gasteiger partial charge is 0.495 e. The normalized spacial score (nSPS) is 9.94. The minimum atomic E-state index is -0.0878. The lowest BCUT2D eigenvalue weighted by Crippen LogP contribution is -2.14. The molecule has 0 bridgehead atoms. The Morgan fingerprint density at radius 3 is 2.75 bits per heavy atom. The van der Waals surface area contributed by atoms with Crippen molar-refractivity contribution in [3.05, 3.63) is 23.8 Å². The van der Waals surface area contributed by atoms with E-state index in [1.807, 2.05) is 25.2 Å². The summed E-state index contributed by atoms with van der Waals surface area (Å²) < 4.78 is 5.23. The molecule has 0 aliphatic rings. The van der Waals surface area contributed by atoms with Crippen LogP contribution in [0.25, 0.3) is 0 Å². The molecule has 0 atom stereocenters. The van der Waals surface area contributed by atoms with E-state index in [-0.39, 0.29) is 5.91 Å². The van der Waals surface area contributed by atoms with Crippen molar-refractivity contribution < 1.29 is 9.53 Å². The Bertz CT molecular complexity index is 364. The Morgan fingerprint density at radius 2 is 2.19 bits per heavy atom. The Balaban J connectivity index is 2.99. The molecule has 1 aromatic carbocycles. The molecule has 1 rings (SSSR count). The van der Waals surface area contributed by atoms with Gasteiger partial charge in [-0.3, -0.25) is 4.79 Å². The highest BCUT2D eigenvalue weighted by Crippen LogP contribution is 2.28. The average Bonchev–Trinajstić information content (AvgIpc) is 2.27.